The van der Waals surface area contributed by atoms with Gasteiger partial charge in [0.1, 0.15) is 11.2 Å². The summed E-state index contributed by atoms with van der Waals surface area (Å²) in [4.78, 5) is 0. The minimum absolute atomic E-state index is 0.888. The van der Waals surface area contributed by atoms with Gasteiger partial charge in [-0.1, -0.05) is 103 Å². The first-order valence-electron chi connectivity index (χ1n) is 17.4. The molecule has 11 aromatic rings. The fourth-order valence-corrected chi connectivity index (χ4v) is 8.15. The van der Waals surface area contributed by atoms with E-state index in [1.165, 1.54) is 71.6 Å². The van der Waals surface area contributed by atoms with Crippen molar-refractivity contribution in [3.05, 3.63) is 182 Å². The summed E-state index contributed by atoms with van der Waals surface area (Å²) in [5.74, 6) is 0. The van der Waals surface area contributed by atoms with Gasteiger partial charge in [-0.15, -0.1) is 0 Å². The van der Waals surface area contributed by atoms with Gasteiger partial charge >= 0.3 is 0 Å². The lowest BCUT2D eigenvalue weighted by Gasteiger charge is -2.09. The number of benzene rings is 8. The molecule has 3 heterocycles. The molecule has 0 fully saturated rings. The van der Waals surface area contributed by atoms with Crippen molar-refractivity contribution in [3.63, 3.8) is 0 Å². The Morgan fingerprint density at radius 3 is 1.37 bits per heavy atom. The van der Waals surface area contributed by atoms with Crippen molar-refractivity contribution in [3.8, 4) is 33.6 Å². The topological polar surface area (TPSA) is 23.0 Å². The molecule has 0 bridgehead atoms. The molecule has 0 atom stereocenters. The number of para-hydroxylation sites is 3. The molecule has 3 nitrogen and oxygen atoms in total. The molecule has 238 valence electrons. The van der Waals surface area contributed by atoms with Crippen LogP contribution in [0.15, 0.2) is 186 Å². The highest BCUT2D eigenvalue weighted by Gasteiger charge is 2.17. The van der Waals surface area contributed by atoms with Gasteiger partial charge in [0.15, 0.2) is 0 Å². The third kappa shape index (κ3) is 4.25. The minimum Gasteiger partial charge on any atom is -0.456 e. The molecule has 0 saturated heterocycles. The molecule has 0 amide bonds. The second-order valence-electron chi connectivity index (χ2n) is 13.4. The van der Waals surface area contributed by atoms with Crippen LogP contribution in [0.25, 0.3) is 99.2 Å². The van der Waals surface area contributed by atoms with E-state index in [0.717, 1.165) is 27.6 Å². The zero-order chi connectivity index (χ0) is 33.5. The number of fused-ring (bicyclic) bond motifs is 9. The molecule has 0 spiro atoms. The highest BCUT2D eigenvalue weighted by atomic mass is 16.3. The van der Waals surface area contributed by atoms with Gasteiger partial charge in [-0.25, -0.2) is 0 Å². The summed E-state index contributed by atoms with van der Waals surface area (Å²) >= 11 is 0. The van der Waals surface area contributed by atoms with Crippen molar-refractivity contribution in [1.82, 2.24) is 9.13 Å². The predicted octanol–water partition coefficient (Wildman–Crippen LogP) is 13.1. The number of rotatable bonds is 4. The van der Waals surface area contributed by atoms with E-state index in [2.05, 4.69) is 191 Å². The molecule has 11 rings (SSSR count). The number of furan rings is 1. The average molecular weight is 651 g/mol. The molecular formula is C48H30N2O. The van der Waals surface area contributed by atoms with E-state index >= 15 is 0 Å². The van der Waals surface area contributed by atoms with Gasteiger partial charge in [0, 0.05) is 43.7 Å². The molecule has 51 heavy (non-hydrogen) atoms. The first kappa shape index (κ1) is 28.0. The lowest BCUT2D eigenvalue weighted by molar-refractivity contribution is 0.669. The average Bonchev–Trinajstić information content (AvgIpc) is 3.85. The molecule has 0 unspecified atom stereocenters. The molecule has 0 aliphatic rings. The predicted molar refractivity (Wildman–Crippen MR) is 213 cm³/mol. The Labute approximate surface area is 293 Å². The van der Waals surface area contributed by atoms with Crippen LogP contribution in [0.1, 0.15) is 0 Å². The second kappa shape index (κ2) is 10.8. The molecule has 0 aliphatic heterocycles. The summed E-state index contributed by atoms with van der Waals surface area (Å²) in [5, 5.41) is 7.21. The van der Waals surface area contributed by atoms with Gasteiger partial charge in [-0.05, 0) is 101 Å². The van der Waals surface area contributed by atoms with E-state index < -0.39 is 0 Å². The molecule has 8 aromatic carbocycles. The summed E-state index contributed by atoms with van der Waals surface area (Å²) in [7, 11) is 0. The first-order valence-corrected chi connectivity index (χ1v) is 17.4. The van der Waals surface area contributed by atoms with Crippen molar-refractivity contribution in [2.24, 2.45) is 0 Å². The maximum absolute atomic E-state index is 6.42. The van der Waals surface area contributed by atoms with Gasteiger partial charge in [-0.3, -0.25) is 0 Å². The maximum atomic E-state index is 6.42. The van der Waals surface area contributed by atoms with Crippen LogP contribution in [0.4, 0.5) is 0 Å². The lowest BCUT2D eigenvalue weighted by Crippen LogP contribution is -1.93. The maximum Gasteiger partial charge on any atom is 0.135 e. The van der Waals surface area contributed by atoms with Crippen molar-refractivity contribution in [1.29, 1.82) is 0 Å². The minimum atomic E-state index is 0.888. The fraction of sp³-hybridized carbons (Fsp3) is 0. The van der Waals surface area contributed by atoms with Gasteiger partial charge < -0.3 is 13.6 Å². The number of hydrogen-bond donors (Lipinski definition) is 0. The molecule has 0 radical (unpaired) electrons. The van der Waals surface area contributed by atoms with Crippen LogP contribution in [0.2, 0.25) is 0 Å². The molecule has 3 heteroatoms. The van der Waals surface area contributed by atoms with E-state index in [4.69, 9.17) is 4.42 Å². The zero-order valence-corrected chi connectivity index (χ0v) is 27.6. The quantitative estimate of drug-likeness (QED) is 0.186. The summed E-state index contributed by atoms with van der Waals surface area (Å²) in [6, 6.07) is 65.5. The van der Waals surface area contributed by atoms with E-state index in [9.17, 15) is 0 Å². The van der Waals surface area contributed by atoms with Crippen LogP contribution < -0.4 is 0 Å². The van der Waals surface area contributed by atoms with Gasteiger partial charge in [0.2, 0.25) is 0 Å². The summed E-state index contributed by atoms with van der Waals surface area (Å²) in [6.45, 7) is 0. The van der Waals surface area contributed by atoms with Crippen LogP contribution in [-0.2, 0) is 0 Å². The first-order chi connectivity index (χ1) is 25.3. The van der Waals surface area contributed by atoms with Crippen molar-refractivity contribution < 1.29 is 4.42 Å². The van der Waals surface area contributed by atoms with Crippen LogP contribution in [0.5, 0.6) is 0 Å². The number of hydrogen-bond acceptors (Lipinski definition) is 1. The van der Waals surface area contributed by atoms with Gasteiger partial charge in [0.05, 0.1) is 22.1 Å². The Hall–Kier alpha value is -6.84. The Morgan fingerprint density at radius 1 is 0.275 bits per heavy atom. The van der Waals surface area contributed by atoms with E-state index in [-0.39, 0.29) is 0 Å². The zero-order valence-electron chi connectivity index (χ0n) is 27.6. The Kier molecular flexibility index (Phi) is 5.96. The Balaban J connectivity index is 1.07. The SMILES string of the molecule is c1ccc(-c2ccc3c(c2)c2ccccc2n3-c2ccc3oc4ccc(-c5ccc6c(c5)c5ccccc5n6-c5ccccc5)cc4c3c2)cc1. The molecule has 0 N–H and O–H groups in total. The van der Waals surface area contributed by atoms with E-state index in [1.54, 1.807) is 0 Å². The third-order valence-electron chi connectivity index (χ3n) is 10.5. The monoisotopic (exact) mass is 650 g/mol. The molecular weight excluding hydrogens is 621 g/mol. The van der Waals surface area contributed by atoms with Gasteiger partial charge in [-0.2, -0.15) is 0 Å². The normalized spacial score (nSPS) is 11.9. The third-order valence-corrected chi connectivity index (χ3v) is 10.5. The van der Waals surface area contributed by atoms with E-state index in [0.29, 0.717) is 0 Å². The van der Waals surface area contributed by atoms with Crippen LogP contribution >= 0.6 is 0 Å². The molecule has 3 aromatic heterocycles. The van der Waals surface area contributed by atoms with Crippen molar-refractivity contribution >= 4 is 65.6 Å². The van der Waals surface area contributed by atoms with Crippen LogP contribution in [0, 0.1) is 0 Å². The van der Waals surface area contributed by atoms with Crippen LogP contribution in [-0.4, -0.2) is 9.13 Å². The van der Waals surface area contributed by atoms with E-state index in [1.807, 2.05) is 0 Å². The van der Waals surface area contributed by atoms with Crippen LogP contribution in [0.3, 0.4) is 0 Å². The summed E-state index contributed by atoms with van der Waals surface area (Å²) < 4.78 is 11.2. The smallest absolute Gasteiger partial charge is 0.135 e. The summed E-state index contributed by atoms with van der Waals surface area (Å²) in [6.07, 6.45) is 0. The highest BCUT2D eigenvalue weighted by molar-refractivity contribution is 6.13. The van der Waals surface area contributed by atoms with Gasteiger partial charge in [0.25, 0.3) is 0 Å². The summed E-state index contributed by atoms with van der Waals surface area (Å²) in [5.41, 5.74) is 13.6. The largest absolute Gasteiger partial charge is 0.456 e. The molecule has 0 saturated carbocycles. The second-order valence-corrected chi connectivity index (χ2v) is 13.4. The highest BCUT2D eigenvalue weighted by Crippen LogP contribution is 2.39. The molecule has 0 aliphatic carbocycles. The standard InChI is InChI=1S/C48H30N2O/c1-3-11-31(12-4-1)32-19-23-46-39(27-32)38-16-8-10-18-44(38)50(46)36-22-26-48-42(30-36)41-29-34(21-25-47(41)51-48)33-20-24-45-40(28-33)37-15-7-9-17-43(37)49(45)35-13-5-2-6-14-35/h1-30H. The Morgan fingerprint density at radius 2 is 0.725 bits per heavy atom. The van der Waals surface area contributed by atoms with Crippen molar-refractivity contribution in [2.75, 3.05) is 0 Å². The number of aromatic nitrogens is 2. The lowest BCUT2D eigenvalue weighted by atomic mass is 10.0. The Bertz CT molecular complexity index is 3130. The fourth-order valence-electron chi connectivity index (χ4n) is 8.15. The van der Waals surface area contributed by atoms with Crippen molar-refractivity contribution in [2.45, 2.75) is 0 Å². The number of nitrogens with zero attached hydrogens (tertiary/aromatic N) is 2.